The summed E-state index contributed by atoms with van der Waals surface area (Å²) in [6, 6.07) is 58.0. The number of hydrogen-bond donors (Lipinski definition) is 5. The summed E-state index contributed by atoms with van der Waals surface area (Å²) in [4.78, 5) is 23.8. The average molecular weight is 2030 g/mol. The molecular formula is C128H168ClN7O12. The van der Waals surface area contributed by atoms with Crippen molar-refractivity contribution in [1.82, 2.24) is 0 Å². The minimum Gasteiger partial charge on any atom is -0.497 e. The van der Waals surface area contributed by atoms with Crippen LogP contribution in [0, 0.1) is 49.7 Å². The zero-order valence-corrected chi connectivity index (χ0v) is 93.6. The predicted molar refractivity (Wildman–Crippen MR) is 612 cm³/mol. The highest BCUT2D eigenvalue weighted by Gasteiger charge is 2.41. The maximum absolute atomic E-state index is 11.9. The second-order valence-electron chi connectivity index (χ2n) is 43.4. The molecule has 9 aromatic rings. The van der Waals surface area contributed by atoms with Crippen molar-refractivity contribution in [2.45, 2.75) is 270 Å². The molecule has 20 heteroatoms. The number of ether oxygens (including phenoxy) is 10. The van der Waals surface area contributed by atoms with E-state index >= 15 is 0 Å². The van der Waals surface area contributed by atoms with Gasteiger partial charge in [0, 0.05) is 61.3 Å². The lowest BCUT2D eigenvalue weighted by Crippen LogP contribution is -2.20. The minimum absolute atomic E-state index is 0. The van der Waals surface area contributed by atoms with Crippen LogP contribution in [0.4, 0.5) is 0 Å². The van der Waals surface area contributed by atoms with E-state index in [1.54, 1.807) is 61.9 Å². The molecule has 1 unspecified atom stereocenters. The van der Waals surface area contributed by atoms with Gasteiger partial charge in [-0.05, 0) is 436 Å². The molecule has 0 aliphatic heterocycles. The van der Waals surface area contributed by atoms with Gasteiger partial charge in [-0.25, -0.2) is 0 Å². The molecule has 10 N–H and O–H groups in total. The Bertz CT molecular complexity index is 6200. The summed E-state index contributed by atoms with van der Waals surface area (Å²) >= 11 is 0. The van der Waals surface area contributed by atoms with E-state index in [0.29, 0.717) is 43.9 Å². The normalized spacial score (nSPS) is 18.3. The summed E-state index contributed by atoms with van der Waals surface area (Å²) < 4.78 is 54.0. The standard InChI is InChI=1S/C16H23NO.C16H19NO.C14H19NO2.C14H21NO.2C14H19NO.C14H15NO.C14H18O2.C12H14O2.ClH/c2*1-12(2)18-15-8-7-13-5-3-4-6-14(9-10-17)16(13)11-15;1-16-13-8-11-5-3-4-10(6-7-15)12(11)9-14(13)17-2;4*1-14(2)9-10-4-5-11(16-3)8-12(10)13(14)6-7-15;1-10(2)16-12-8-7-11-5-3-4-6-14(15)13(11)9-12;1-12(2)7-8-4-5-9(14-3)6-10(8)11(12)13;/h7-9,11-12H,3-6,10,17H2,1-2H3;7-9,11-12H,3-6H2,1-2H3;6,8-9H,3-5,7,15H2,1-2H3;4-5,8,13H,6-7,9,15H2,1-3H3;2*4-6,8H,7,9,15H2,1-3H3;4-6,8H,9H2,1-3H3;7-10H,3-6H2,1-2H3;4-6H,7H2,1-3H3;1H/b;;;;13-6+;13-6-;;;;. The molecule has 794 valence electrons. The number of fused-ring (bicyclic) bond motifs is 9. The Hall–Kier alpha value is -12.2. The number of carbonyl (C=O) groups is 2. The van der Waals surface area contributed by atoms with Gasteiger partial charge >= 0.3 is 0 Å². The smallest absolute Gasteiger partial charge is 0.169 e. The number of ketones is 2. The van der Waals surface area contributed by atoms with E-state index in [9.17, 15) is 9.59 Å². The highest BCUT2D eigenvalue weighted by atomic mass is 35.5. The number of Topliss-reactive ketones (excluding diaryl/α,β-unsaturated/α-hetero) is 2. The van der Waals surface area contributed by atoms with Crippen molar-refractivity contribution in [1.29, 1.82) is 10.5 Å². The molecule has 1 atom stereocenters. The van der Waals surface area contributed by atoms with E-state index in [2.05, 4.69) is 197 Å². The molecule has 9 aliphatic carbocycles. The predicted octanol–water partition coefficient (Wildman–Crippen LogP) is 27.4. The van der Waals surface area contributed by atoms with Crippen LogP contribution in [0.5, 0.6) is 57.5 Å². The number of nitrogens with two attached hydrogens (primary N) is 5. The first-order valence-electron chi connectivity index (χ1n) is 52.8. The molecule has 19 nitrogen and oxygen atoms in total. The molecule has 148 heavy (non-hydrogen) atoms. The van der Waals surface area contributed by atoms with Gasteiger partial charge in [-0.2, -0.15) is 10.5 Å². The number of hydrogen-bond acceptors (Lipinski definition) is 19. The first kappa shape index (κ1) is 119. The molecule has 0 heterocycles. The van der Waals surface area contributed by atoms with Gasteiger partial charge in [0.05, 0.1) is 80.2 Å². The molecule has 0 saturated carbocycles. The first-order chi connectivity index (χ1) is 70.2. The molecule has 0 amide bonds. The maximum Gasteiger partial charge on any atom is 0.169 e. The lowest BCUT2D eigenvalue weighted by Gasteiger charge is -2.27. The second kappa shape index (κ2) is 55.9. The van der Waals surface area contributed by atoms with Gasteiger partial charge in [0.25, 0.3) is 0 Å². The number of carbonyl (C=O) groups excluding carboxylic acids is 2. The van der Waals surface area contributed by atoms with Crippen molar-refractivity contribution in [3.63, 3.8) is 0 Å². The summed E-state index contributed by atoms with van der Waals surface area (Å²) in [6.45, 7) is 37.3. The molecule has 0 radical (unpaired) electrons. The SMILES string of the molecule is CC(C)Oc1ccc2c(c1)C(=CC#N)CCCC2.CC(C)Oc1ccc2c(c1)C(=CCN)CCCC2.CC(C)Oc1ccc2c(c1)C(=O)CCCC2.COc1cc2c(cc1OC)C(=CCN)CCC2.COc1ccc2c(c1)/C(=C/CN)C(C)(C)C2.COc1ccc2c(c1)/C(=C\CN)C(C)(C)C2.COc1ccc2c(c1)C(=CC#N)C(C)(C)C2.COc1ccc2c(c1)C(=O)C(C)(C)C2.COc1ccc2c(c1)C(CCN)C(C)(C)C2.Cl. The van der Waals surface area contributed by atoms with Gasteiger partial charge in [0.2, 0.25) is 0 Å². The number of allylic oxidation sites excluding steroid dienone is 8. The number of benzene rings is 9. The zero-order chi connectivity index (χ0) is 107. The first-order valence-corrected chi connectivity index (χ1v) is 52.8. The summed E-state index contributed by atoms with van der Waals surface area (Å²) in [7, 11) is 11.7. The Morgan fingerprint density at radius 1 is 0.318 bits per heavy atom. The molecule has 0 saturated heterocycles. The van der Waals surface area contributed by atoms with Crippen LogP contribution in [-0.2, 0) is 57.8 Å². The molecule has 0 spiro atoms. The Morgan fingerprint density at radius 2 is 0.635 bits per heavy atom. The highest BCUT2D eigenvalue weighted by Crippen LogP contribution is 2.53. The van der Waals surface area contributed by atoms with Gasteiger partial charge in [-0.3, -0.25) is 9.59 Å². The van der Waals surface area contributed by atoms with E-state index in [1.165, 1.54) is 132 Å². The van der Waals surface area contributed by atoms with Crippen LogP contribution in [0.15, 0.2) is 194 Å². The topological polar surface area (TPSA) is 304 Å². The van der Waals surface area contributed by atoms with Crippen molar-refractivity contribution in [3.05, 3.63) is 294 Å². The van der Waals surface area contributed by atoms with E-state index < -0.39 is 0 Å². The molecule has 18 rings (SSSR count). The van der Waals surface area contributed by atoms with Crippen LogP contribution in [0.1, 0.15) is 303 Å². The van der Waals surface area contributed by atoms with E-state index in [-0.39, 0.29) is 63.9 Å². The Kier molecular flexibility index (Phi) is 45.1. The van der Waals surface area contributed by atoms with Crippen LogP contribution < -0.4 is 76.0 Å². The molecular weight excluding hydrogens is 1860 g/mol. The minimum atomic E-state index is -0.241. The van der Waals surface area contributed by atoms with Crippen LogP contribution in [-0.4, -0.2) is 112 Å². The van der Waals surface area contributed by atoms with Crippen molar-refractivity contribution in [2.75, 3.05) is 82.5 Å². The van der Waals surface area contributed by atoms with Crippen LogP contribution in [0.2, 0.25) is 0 Å². The molecule has 9 aliphatic rings. The molecule has 0 bridgehead atoms. The quantitative estimate of drug-likeness (QED) is 0.0371. The number of rotatable bonds is 19. The molecule has 0 fully saturated rings. The van der Waals surface area contributed by atoms with Crippen molar-refractivity contribution < 1.29 is 57.0 Å². The maximum atomic E-state index is 11.9. The Labute approximate surface area is 891 Å². The highest BCUT2D eigenvalue weighted by molar-refractivity contribution is 6.05. The number of aryl methyl sites for hydroxylation is 4. The van der Waals surface area contributed by atoms with Crippen molar-refractivity contribution >= 4 is 57.4 Å². The Balaban J connectivity index is 0.000000185. The molecule has 0 aromatic heterocycles. The average Bonchev–Trinajstić information content (AvgIpc) is 1.57. The summed E-state index contributed by atoms with van der Waals surface area (Å²) in [5.41, 5.74) is 59.2. The third-order valence-electron chi connectivity index (χ3n) is 28.9. The van der Waals surface area contributed by atoms with Gasteiger partial charge in [0.1, 0.15) is 46.0 Å². The fraction of sp³-hybridized carbons (Fsp3) is 0.453. The van der Waals surface area contributed by atoms with Crippen LogP contribution in [0.3, 0.4) is 0 Å². The second-order valence-corrected chi connectivity index (χ2v) is 43.4. The summed E-state index contributed by atoms with van der Waals surface area (Å²) in [6.07, 6.45) is 35.0. The monoisotopic (exact) mass is 2030 g/mol. The zero-order valence-electron chi connectivity index (χ0n) is 92.8. The van der Waals surface area contributed by atoms with Gasteiger partial charge in [-0.15, -0.1) is 12.4 Å². The largest absolute Gasteiger partial charge is 0.497 e. The van der Waals surface area contributed by atoms with Crippen molar-refractivity contribution in [3.8, 4) is 69.6 Å². The Morgan fingerprint density at radius 3 is 1.05 bits per heavy atom. The number of halogens is 1. The lowest BCUT2D eigenvalue weighted by atomic mass is 9.78. The fourth-order valence-electron chi connectivity index (χ4n) is 21.8. The van der Waals surface area contributed by atoms with Crippen LogP contribution in [0.25, 0.3) is 33.4 Å². The number of methoxy groups -OCH3 is 7. The van der Waals surface area contributed by atoms with E-state index in [1.807, 2.05) is 108 Å². The van der Waals surface area contributed by atoms with Gasteiger partial charge in [-0.1, -0.05) is 142 Å². The van der Waals surface area contributed by atoms with Crippen molar-refractivity contribution in [2.24, 2.45) is 55.7 Å². The van der Waals surface area contributed by atoms with E-state index in [4.69, 9.17) is 86.6 Å². The number of nitriles is 2. The molecule has 9 aromatic carbocycles. The summed E-state index contributed by atoms with van der Waals surface area (Å²) in [5, 5.41) is 17.7. The van der Waals surface area contributed by atoms with E-state index in [0.717, 1.165) is 194 Å². The van der Waals surface area contributed by atoms with Gasteiger partial charge in [0.15, 0.2) is 23.1 Å². The third kappa shape index (κ3) is 31.7. The fourth-order valence-corrected chi connectivity index (χ4v) is 21.8. The third-order valence-corrected chi connectivity index (χ3v) is 28.9. The summed E-state index contributed by atoms with van der Waals surface area (Å²) in [5.74, 6) is 9.73. The van der Waals surface area contributed by atoms with Crippen LogP contribution >= 0.6 is 12.4 Å². The van der Waals surface area contributed by atoms with Gasteiger partial charge < -0.3 is 76.0 Å². The number of nitrogens with zero attached hydrogens (tertiary/aromatic N) is 2. The lowest BCUT2D eigenvalue weighted by molar-refractivity contribution is 0.0862.